The molecule has 5 heteroatoms. The highest BCUT2D eigenvalue weighted by Gasteiger charge is 2.14. The van der Waals surface area contributed by atoms with Gasteiger partial charge in [0, 0.05) is 12.7 Å². The summed E-state index contributed by atoms with van der Waals surface area (Å²) in [5.74, 6) is 1.17. The zero-order chi connectivity index (χ0) is 12.7. The predicted molar refractivity (Wildman–Crippen MR) is 62.1 cm³/mol. The summed E-state index contributed by atoms with van der Waals surface area (Å²) in [6, 6.07) is 3.65. The third-order valence-electron chi connectivity index (χ3n) is 2.35. The summed E-state index contributed by atoms with van der Waals surface area (Å²) in [6.07, 6.45) is 1.51. The fourth-order valence-electron chi connectivity index (χ4n) is 1.61. The highest BCUT2D eigenvalue weighted by molar-refractivity contribution is 5.51. The minimum absolute atomic E-state index is 0.197. The Kier molecular flexibility index (Phi) is 5.20. The molecule has 0 unspecified atom stereocenters. The Labute approximate surface area is 100 Å². The van der Waals surface area contributed by atoms with Crippen molar-refractivity contribution in [1.82, 2.24) is 0 Å². The molecule has 1 aromatic carbocycles. The van der Waals surface area contributed by atoms with Crippen molar-refractivity contribution in [3.05, 3.63) is 23.3 Å². The number of aliphatic imine (C=N–C) groups is 1. The van der Waals surface area contributed by atoms with Crippen LogP contribution in [0.25, 0.3) is 0 Å². The van der Waals surface area contributed by atoms with Gasteiger partial charge in [-0.3, -0.25) is 0 Å². The summed E-state index contributed by atoms with van der Waals surface area (Å²) in [7, 11) is 4.70. The Morgan fingerprint density at radius 3 is 2.53 bits per heavy atom. The molecular weight excluding hydrogens is 222 g/mol. The van der Waals surface area contributed by atoms with Gasteiger partial charge in [0.15, 0.2) is 11.5 Å². The topological polar surface area (TPSA) is 57.1 Å². The van der Waals surface area contributed by atoms with Crippen LogP contribution in [-0.2, 0) is 22.7 Å². The van der Waals surface area contributed by atoms with Gasteiger partial charge < -0.3 is 14.2 Å². The van der Waals surface area contributed by atoms with Gasteiger partial charge in [-0.2, -0.15) is 0 Å². The van der Waals surface area contributed by atoms with E-state index in [0.717, 1.165) is 11.1 Å². The number of nitrogens with zero attached hydrogens (tertiary/aromatic N) is 1. The van der Waals surface area contributed by atoms with E-state index in [1.165, 1.54) is 6.08 Å². The maximum absolute atomic E-state index is 10.2. The van der Waals surface area contributed by atoms with Crippen LogP contribution in [0.1, 0.15) is 11.1 Å². The van der Waals surface area contributed by atoms with Crippen molar-refractivity contribution >= 4 is 6.08 Å². The van der Waals surface area contributed by atoms with Crippen molar-refractivity contribution in [2.45, 2.75) is 13.2 Å². The normalized spacial score (nSPS) is 9.59. The van der Waals surface area contributed by atoms with Gasteiger partial charge in [-0.25, -0.2) is 9.79 Å². The van der Waals surface area contributed by atoms with E-state index in [4.69, 9.17) is 14.2 Å². The Bertz CT molecular complexity index is 425. The van der Waals surface area contributed by atoms with E-state index >= 15 is 0 Å². The smallest absolute Gasteiger partial charge is 0.235 e. The molecule has 0 heterocycles. The number of hydrogen-bond acceptors (Lipinski definition) is 5. The molecule has 0 fully saturated rings. The molecule has 0 bridgehead atoms. The molecule has 0 aromatic heterocycles. The van der Waals surface area contributed by atoms with Crippen LogP contribution in [0.15, 0.2) is 17.1 Å². The van der Waals surface area contributed by atoms with Crippen molar-refractivity contribution in [2.24, 2.45) is 4.99 Å². The largest absolute Gasteiger partial charge is 0.493 e. The second kappa shape index (κ2) is 6.68. The summed E-state index contributed by atoms with van der Waals surface area (Å²) in [6.45, 7) is 0.618. The van der Waals surface area contributed by atoms with E-state index in [2.05, 4.69) is 4.99 Å². The third-order valence-corrected chi connectivity index (χ3v) is 2.35. The van der Waals surface area contributed by atoms with Crippen LogP contribution in [-0.4, -0.2) is 27.4 Å². The Balaban J connectivity index is 3.27. The molecule has 1 aromatic rings. The first-order valence-electron chi connectivity index (χ1n) is 5.03. The number of hydrogen-bond donors (Lipinski definition) is 0. The van der Waals surface area contributed by atoms with Gasteiger partial charge in [0.1, 0.15) is 0 Å². The van der Waals surface area contributed by atoms with Crippen molar-refractivity contribution in [2.75, 3.05) is 21.3 Å². The molecule has 0 aliphatic rings. The molecule has 0 N–H and O–H groups in total. The van der Waals surface area contributed by atoms with Gasteiger partial charge in [0.2, 0.25) is 6.08 Å². The summed E-state index contributed by atoms with van der Waals surface area (Å²) in [5, 5.41) is 0. The third kappa shape index (κ3) is 3.06. The molecule has 0 amide bonds. The molecule has 17 heavy (non-hydrogen) atoms. The Morgan fingerprint density at radius 1 is 1.24 bits per heavy atom. The van der Waals surface area contributed by atoms with Crippen LogP contribution in [0.5, 0.6) is 11.5 Å². The van der Waals surface area contributed by atoms with E-state index in [1.54, 1.807) is 27.4 Å². The molecule has 0 saturated heterocycles. The van der Waals surface area contributed by atoms with Crippen LogP contribution in [0.4, 0.5) is 0 Å². The van der Waals surface area contributed by atoms with Gasteiger partial charge in [0.05, 0.1) is 27.4 Å². The Morgan fingerprint density at radius 2 is 2.00 bits per heavy atom. The van der Waals surface area contributed by atoms with E-state index in [0.29, 0.717) is 18.1 Å². The van der Waals surface area contributed by atoms with E-state index in [1.807, 2.05) is 6.07 Å². The van der Waals surface area contributed by atoms with Gasteiger partial charge in [-0.15, -0.1) is 0 Å². The SMILES string of the molecule is COCc1ccc(OC)c(OC)c1CN=C=O. The van der Waals surface area contributed by atoms with Crippen molar-refractivity contribution in [3.8, 4) is 11.5 Å². The van der Waals surface area contributed by atoms with Gasteiger partial charge >= 0.3 is 0 Å². The number of ether oxygens (including phenoxy) is 3. The molecule has 0 saturated carbocycles. The molecular formula is C12H15NO4. The molecule has 0 aliphatic carbocycles. The van der Waals surface area contributed by atoms with Crippen LogP contribution in [0.2, 0.25) is 0 Å². The van der Waals surface area contributed by atoms with E-state index < -0.39 is 0 Å². The van der Waals surface area contributed by atoms with Crippen molar-refractivity contribution in [3.63, 3.8) is 0 Å². The van der Waals surface area contributed by atoms with Gasteiger partial charge in [0.25, 0.3) is 0 Å². The molecule has 92 valence electrons. The fourth-order valence-corrected chi connectivity index (χ4v) is 1.61. The Hall–Kier alpha value is -1.84. The van der Waals surface area contributed by atoms with Gasteiger partial charge in [-0.05, 0) is 11.6 Å². The monoisotopic (exact) mass is 237 g/mol. The molecule has 0 atom stereocenters. The lowest BCUT2D eigenvalue weighted by Crippen LogP contribution is -2.01. The van der Waals surface area contributed by atoms with E-state index in [-0.39, 0.29) is 6.54 Å². The zero-order valence-electron chi connectivity index (χ0n) is 10.1. The standard InChI is InChI=1S/C12H15NO4/c1-15-7-9-4-5-11(16-2)12(17-3)10(9)6-13-8-14/h4-5H,6-7H2,1-3H3. The van der Waals surface area contributed by atoms with Crippen LogP contribution < -0.4 is 9.47 Å². The molecule has 5 nitrogen and oxygen atoms in total. The lowest BCUT2D eigenvalue weighted by Gasteiger charge is -2.14. The van der Waals surface area contributed by atoms with Crippen LogP contribution in [0.3, 0.4) is 0 Å². The number of isocyanates is 1. The number of methoxy groups -OCH3 is 3. The highest BCUT2D eigenvalue weighted by atomic mass is 16.5. The van der Waals surface area contributed by atoms with E-state index in [9.17, 15) is 4.79 Å². The lowest BCUT2D eigenvalue weighted by molar-refractivity contribution is 0.183. The minimum Gasteiger partial charge on any atom is -0.493 e. The molecule has 0 radical (unpaired) electrons. The molecule has 0 aliphatic heterocycles. The zero-order valence-corrected chi connectivity index (χ0v) is 10.1. The summed E-state index contributed by atoms with van der Waals surface area (Å²) >= 11 is 0. The van der Waals surface area contributed by atoms with Crippen LogP contribution >= 0.6 is 0 Å². The fraction of sp³-hybridized carbons (Fsp3) is 0.417. The van der Waals surface area contributed by atoms with Crippen molar-refractivity contribution in [1.29, 1.82) is 0 Å². The second-order valence-corrected chi connectivity index (χ2v) is 3.28. The van der Waals surface area contributed by atoms with Crippen LogP contribution in [0, 0.1) is 0 Å². The molecule has 1 rings (SSSR count). The quantitative estimate of drug-likeness (QED) is 0.558. The van der Waals surface area contributed by atoms with Crippen molar-refractivity contribution < 1.29 is 19.0 Å². The maximum atomic E-state index is 10.2. The number of carbonyl (C=O) groups excluding carboxylic acids is 1. The first-order valence-corrected chi connectivity index (χ1v) is 5.03. The average Bonchev–Trinajstić information content (AvgIpc) is 2.36. The summed E-state index contributed by atoms with van der Waals surface area (Å²) in [4.78, 5) is 13.8. The highest BCUT2D eigenvalue weighted by Crippen LogP contribution is 2.34. The second-order valence-electron chi connectivity index (χ2n) is 3.28. The maximum Gasteiger partial charge on any atom is 0.235 e. The van der Waals surface area contributed by atoms with Gasteiger partial charge in [-0.1, -0.05) is 6.07 Å². The first-order chi connectivity index (χ1) is 8.28. The lowest BCUT2D eigenvalue weighted by atomic mass is 10.1. The summed E-state index contributed by atoms with van der Waals surface area (Å²) < 4.78 is 15.5. The molecule has 0 spiro atoms. The average molecular weight is 237 g/mol. The summed E-state index contributed by atoms with van der Waals surface area (Å²) in [5.41, 5.74) is 1.68. The first kappa shape index (κ1) is 13.2. The minimum atomic E-state index is 0.197. The predicted octanol–water partition coefficient (Wildman–Crippen LogP) is 1.69. The number of rotatable bonds is 6. The number of benzene rings is 1.